The predicted octanol–water partition coefficient (Wildman–Crippen LogP) is 16.2. The maximum atomic E-state index is 2.58. The fourth-order valence-electron chi connectivity index (χ4n) is 11.6. The molecular weight excluding hydrogens is 723 g/mol. The number of hydrogen-bond donors (Lipinski definition) is 0. The highest BCUT2D eigenvalue weighted by molar-refractivity contribution is 6.08. The molecule has 0 radical (unpaired) electrons. The highest BCUT2D eigenvalue weighted by Gasteiger charge is 2.41. The smallest absolute Gasteiger partial charge is 0.0546 e. The Morgan fingerprint density at radius 2 is 0.950 bits per heavy atom. The maximum Gasteiger partial charge on any atom is 0.0546 e. The Labute approximate surface area is 356 Å². The lowest BCUT2D eigenvalue weighted by Gasteiger charge is -2.32. The van der Waals surface area contributed by atoms with Crippen molar-refractivity contribution in [3.05, 3.63) is 197 Å². The molecule has 60 heavy (non-hydrogen) atoms. The van der Waals surface area contributed by atoms with E-state index >= 15 is 0 Å². The van der Waals surface area contributed by atoms with Crippen LogP contribution in [0.25, 0.3) is 55.3 Å². The number of anilines is 3. The van der Waals surface area contributed by atoms with Crippen LogP contribution in [-0.4, -0.2) is 0 Å². The minimum Gasteiger partial charge on any atom is -0.310 e. The van der Waals surface area contributed by atoms with E-state index in [-0.39, 0.29) is 21.7 Å². The summed E-state index contributed by atoms with van der Waals surface area (Å²) in [6, 6.07) is 60.3. The topological polar surface area (TPSA) is 3.24 Å². The van der Waals surface area contributed by atoms with Crippen molar-refractivity contribution in [3.63, 3.8) is 0 Å². The van der Waals surface area contributed by atoms with Gasteiger partial charge in [0.05, 0.1) is 5.69 Å². The van der Waals surface area contributed by atoms with Gasteiger partial charge in [-0.25, -0.2) is 0 Å². The molecule has 8 aromatic rings. The quantitative estimate of drug-likeness (QED) is 0.172. The maximum absolute atomic E-state index is 2.58. The fourth-order valence-corrected chi connectivity index (χ4v) is 11.6. The first-order valence-corrected chi connectivity index (χ1v) is 21.8. The molecule has 0 aliphatic heterocycles. The van der Waals surface area contributed by atoms with Crippen molar-refractivity contribution < 1.29 is 0 Å². The van der Waals surface area contributed by atoms with Crippen LogP contribution in [0.4, 0.5) is 17.1 Å². The van der Waals surface area contributed by atoms with Crippen molar-refractivity contribution in [2.45, 2.75) is 84.0 Å². The molecule has 0 amide bonds. The summed E-state index contributed by atoms with van der Waals surface area (Å²) in [5.41, 5.74) is 23.5. The third kappa shape index (κ3) is 4.99. The molecule has 1 nitrogen and oxygen atoms in total. The predicted molar refractivity (Wildman–Crippen MR) is 255 cm³/mol. The minimum absolute atomic E-state index is 0.0194. The zero-order chi connectivity index (χ0) is 41.5. The lowest BCUT2D eigenvalue weighted by Crippen LogP contribution is -2.19. The average Bonchev–Trinajstić information content (AvgIpc) is 3.73. The van der Waals surface area contributed by atoms with Crippen molar-refractivity contribution in [1.29, 1.82) is 0 Å². The van der Waals surface area contributed by atoms with Crippen LogP contribution in [0.3, 0.4) is 0 Å². The van der Waals surface area contributed by atoms with Gasteiger partial charge in [0.1, 0.15) is 0 Å². The third-order valence-electron chi connectivity index (χ3n) is 14.6. The first-order chi connectivity index (χ1) is 28.7. The van der Waals surface area contributed by atoms with E-state index in [1.807, 2.05) is 0 Å². The van der Waals surface area contributed by atoms with Gasteiger partial charge in [-0.1, -0.05) is 190 Å². The van der Waals surface area contributed by atoms with Gasteiger partial charge in [0.2, 0.25) is 0 Å². The van der Waals surface area contributed by atoms with Gasteiger partial charge in [0, 0.05) is 33.2 Å². The van der Waals surface area contributed by atoms with E-state index in [1.165, 1.54) is 106 Å². The second-order valence-electron chi connectivity index (χ2n) is 20.1. The van der Waals surface area contributed by atoms with Gasteiger partial charge >= 0.3 is 0 Å². The number of nitrogens with zero attached hydrogens (tertiary/aromatic N) is 1. The van der Waals surface area contributed by atoms with Gasteiger partial charge in [-0.3, -0.25) is 0 Å². The second-order valence-corrected chi connectivity index (χ2v) is 20.1. The molecule has 0 fully saturated rings. The van der Waals surface area contributed by atoms with Crippen LogP contribution in [0.2, 0.25) is 0 Å². The zero-order valence-corrected chi connectivity index (χ0v) is 36.5. The van der Waals surface area contributed by atoms with Crippen LogP contribution in [0.5, 0.6) is 0 Å². The van der Waals surface area contributed by atoms with E-state index in [0.29, 0.717) is 0 Å². The largest absolute Gasteiger partial charge is 0.310 e. The first kappa shape index (κ1) is 36.9. The van der Waals surface area contributed by atoms with Gasteiger partial charge < -0.3 is 4.90 Å². The molecule has 0 spiro atoms. The monoisotopic (exact) mass is 775 g/mol. The van der Waals surface area contributed by atoms with Crippen LogP contribution in [0.1, 0.15) is 101 Å². The van der Waals surface area contributed by atoms with Crippen LogP contribution in [0, 0.1) is 0 Å². The van der Waals surface area contributed by atoms with Gasteiger partial charge in [0.15, 0.2) is 0 Å². The number of fused-ring (bicyclic) bond motifs is 10. The SMILES string of the molecule is CC(C)(C)c1cccc2c1-c1ccc(N(c3ccc4c(c3)-c3ccccc3C4(C)C)c3ccc4ccccc4c3-c3cccc4c3C(C)(C)c3ccccc3-4)cc1C2(C)C. The van der Waals surface area contributed by atoms with Crippen LogP contribution in [0.15, 0.2) is 158 Å². The Bertz CT molecular complexity index is 3110. The van der Waals surface area contributed by atoms with Crippen molar-refractivity contribution in [2.75, 3.05) is 4.90 Å². The number of benzene rings is 8. The summed E-state index contributed by atoms with van der Waals surface area (Å²) in [7, 11) is 0. The summed E-state index contributed by atoms with van der Waals surface area (Å²) in [6.45, 7) is 21.4. The molecule has 0 N–H and O–H groups in total. The normalized spacial score (nSPS) is 15.8. The average molecular weight is 776 g/mol. The van der Waals surface area contributed by atoms with E-state index in [2.05, 4.69) is 225 Å². The molecule has 8 aromatic carbocycles. The molecular formula is C59H53N. The van der Waals surface area contributed by atoms with Crippen LogP contribution < -0.4 is 4.90 Å². The Morgan fingerprint density at radius 1 is 0.383 bits per heavy atom. The molecule has 0 aromatic heterocycles. The Morgan fingerprint density at radius 3 is 1.72 bits per heavy atom. The van der Waals surface area contributed by atoms with Gasteiger partial charge in [-0.05, 0) is 124 Å². The lowest BCUT2D eigenvalue weighted by atomic mass is 9.78. The summed E-state index contributed by atoms with van der Waals surface area (Å²) >= 11 is 0. The number of rotatable bonds is 4. The van der Waals surface area contributed by atoms with E-state index in [1.54, 1.807) is 0 Å². The summed E-state index contributed by atoms with van der Waals surface area (Å²) < 4.78 is 0. The summed E-state index contributed by atoms with van der Waals surface area (Å²) in [5.74, 6) is 0. The Kier molecular flexibility index (Phi) is 7.64. The van der Waals surface area contributed by atoms with Crippen molar-refractivity contribution >= 4 is 27.8 Å². The van der Waals surface area contributed by atoms with Gasteiger partial charge in [-0.15, -0.1) is 0 Å². The molecule has 0 atom stereocenters. The van der Waals surface area contributed by atoms with E-state index in [0.717, 1.165) is 5.69 Å². The molecule has 3 aliphatic carbocycles. The van der Waals surface area contributed by atoms with E-state index < -0.39 is 0 Å². The molecule has 0 saturated carbocycles. The molecule has 0 bridgehead atoms. The highest BCUT2D eigenvalue weighted by atomic mass is 15.1. The zero-order valence-electron chi connectivity index (χ0n) is 36.5. The van der Waals surface area contributed by atoms with Crippen molar-refractivity contribution in [3.8, 4) is 44.5 Å². The summed E-state index contributed by atoms with van der Waals surface area (Å²) in [4.78, 5) is 2.58. The standard InChI is InChI=1S/C59H53N/c1-56(2,3)49-26-17-27-50-54(49)43-31-29-38(35-51(43)58(50,6)7)60(37-30-32-48-45(34-37)41-21-13-14-24-46(41)57(48,4)5)52-33-28-36-18-10-11-19-39(36)53(52)44-23-16-22-42-40-20-12-15-25-47(40)59(8,9)55(42)44/h10-35H,1-9H3. The Hall–Kier alpha value is -6.18. The second kappa shape index (κ2) is 12.4. The first-order valence-electron chi connectivity index (χ1n) is 21.8. The van der Waals surface area contributed by atoms with Crippen LogP contribution in [-0.2, 0) is 21.7 Å². The van der Waals surface area contributed by atoms with E-state index in [4.69, 9.17) is 0 Å². The minimum atomic E-state index is -0.182. The summed E-state index contributed by atoms with van der Waals surface area (Å²) in [5, 5.41) is 2.50. The molecule has 294 valence electrons. The molecule has 11 rings (SSSR count). The molecule has 0 heterocycles. The van der Waals surface area contributed by atoms with Gasteiger partial charge in [-0.2, -0.15) is 0 Å². The molecule has 1 heteroatoms. The Balaban J connectivity index is 1.22. The van der Waals surface area contributed by atoms with Crippen LogP contribution >= 0.6 is 0 Å². The molecule has 3 aliphatic rings. The van der Waals surface area contributed by atoms with E-state index in [9.17, 15) is 0 Å². The third-order valence-corrected chi connectivity index (χ3v) is 14.6. The summed E-state index contributed by atoms with van der Waals surface area (Å²) in [6.07, 6.45) is 0. The van der Waals surface area contributed by atoms with Crippen molar-refractivity contribution in [2.24, 2.45) is 0 Å². The molecule has 0 saturated heterocycles. The van der Waals surface area contributed by atoms with Gasteiger partial charge in [0.25, 0.3) is 0 Å². The number of hydrogen-bond acceptors (Lipinski definition) is 1. The molecule has 0 unspecified atom stereocenters. The lowest BCUT2D eigenvalue weighted by molar-refractivity contribution is 0.589. The highest BCUT2D eigenvalue weighted by Crippen LogP contribution is 2.58. The van der Waals surface area contributed by atoms with Crippen molar-refractivity contribution in [1.82, 2.24) is 0 Å². The fraction of sp³-hybridized carbons (Fsp3) is 0.220.